The molecule has 1 nitrogen and oxygen atoms in total. The van der Waals surface area contributed by atoms with Gasteiger partial charge in [0.1, 0.15) is 6.17 Å². The van der Waals surface area contributed by atoms with Crippen molar-refractivity contribution >= 4 is 0 Å². The molecule has 0 aromatic heterocycles. The molecule has 0 heterocycles. The average Bonchev–Trinajstić information content (AvgIpc) is 2.71. The van der Waals surface area contributed by atoms with Gasteiger partial charge in [-0.05, 0) is 61.0 Å². The van der Waals surface area contributed by atoms with Crippen LogP contribution in [0.3, 0.4) is 0 Å². The Morgan fingerprint density at radius 2 is 2.05 bits per heavy atom. The van der Waals surface area contributed by atoms with Crippen LogP contribution >= 0.6 is 0 Å². The van der Waals surface area contributed by atoms with Crippen LogP contribution in [0.4, 0.5) is 4.39 Å². The van der Waals surface area contributed by atoms with Gasteiger partial charge in [0.2, 0.25) is 0 Å². The molecule has 2 heteroatoms. The summed E-state index contributed by atoms with van der Waals surface area (Å²) in [6.45, 7) is 2.08. The predicted octanol–water partition coefficient (Wildman–Crippen LogP) is 3.85. The van der Waals surface area contributed by atoms with Crippen LogP contribution in [0.1, 0.15) is 49.7 Å². The highest BCUT2D eigenvalue weighted by molar-refractivity contribution is 5.35. The van der Waals surface area contributed by atoms with Gasteiger partial charge in [0.15, 0.2) is 0 Å². The fourth-order valence-corrected chi connectivity index (χ4v) is 5.48. The molecule has 108 valence electrons. The fourth-order valence-electron chi connectivity index (χ4n) is 5.48. The average molecular weight is 274 g/mol. The van der Waals surface area contributed by atoms with Gasteiger partial charge in [0.05, 0.1) is 6.10 Å². The zero-order valence-electron chi connectivity index (χ0n) is 12.1. The van der Waals surface area contributed by atoms with Gasteiger partial charge in [0.25, 0.3) is 0 Å². The Kier molecular flexibility index (Phi) is 2.76. The summed E-state index contributed by atoms with van der Waals surface area (Å²) >= 11 is 0. The molecule has 1 aromatic rings. The number of rotatable bonds is 0. The molecule has 0 aliphatic heterocycles. The molecule has 0 amide bonds. The maximum atomic E-state index is 14.4. The summed E-state index contributed by atoms with van der Waals surface area (Å²) in [5, 5.41) is 10.0. The number of aryl methyl sites for hydroxylation is 1. The van der Waals surface area contributed by atoms with Crippen LogP contribution in [0, 0.1) is 17.3 Å². The summed E-state index contributed by atoms with van der Waals surface area (Å²) in [6, 6.07) is 8.79. The van der Waals surface area contributed by atoms with Crippen molar-refractivity contribution in [3.63, 3.8) is 0 Å². The first-order valence-electron chi connectivity index (χ1n) is 8.01. The van der Waals surface area contributed by atoms with E-state index in [1.807, 2.05) is 0 Å². The number of aliphatic hydroxyl groups is 1. The molecule has 0 unspecified atom stereocenters. The zero-order valence-corrected chi connectivity index (χ0v) is 12.1. The van der Waals surface area contributed by atoms with E-state index in [-0.39, 0.29) is 5.41 Å². The normalized spacial score (nSPS) is 46.5. The van der Waals surface area contributed by atoms with Gasteiger partial charge in [-0.25, -0.2) is 4.39 Å². The second-order valence-electron chi connectivity index (χ2n) is 7.36. The Balaban J connectivity index is 1.72. The van der Waals surface area contributed by atoms with Gasteiger partial charge in [-0.15, -0.1) is 0 Å². The summed E-state index contributed by atoms with van der Waals surface area (Å²) in [5.41, 5.74) is 2.71. The lowest BCUT2D eigenvalue weighted by atomic mass is 9.55. The second kappa shape index (κ2) is 4.30. The summed E-state index contributed by atoms with van der Waals surface area (Å²) in [5.74, 6) is 1.52. The first kappa shape index (κ1) is 12.8. The largest absolute Gasteiger partial charge is 0.390 e. The van der Waals surface area contributed by atoms with Crippen LogP contribution in [0.5, 0.6) is 0 Å². The Labute approximate surface area is 120 Å². The molecule has 6 atom stereocenters. The van der Waals surface area contributed by atoms with Gasteiger partial charge in [-0.2, -0.15) is 0 Å². The third-order valence-electron chi connectivity index (χ3n) is 6.54. The van der Waals surface area contributed by atoms with E-state index in [0.29, 0.717) is 24.2 Å². The summed E-state index contributed by atoms with van der Waals surface area (Å²) in [7, 11) is 0. The molecule has 2 saturated carbocycles. The second-order valence-corrected chi connectivity index (χ2v) is 7.36. The number of hydrogen-bond donors (Lipinski definition) is 1. The molecule has 3 aliphatic rings. The quantitative estimate of drug-likeness (QED) is 0.762. The van der Waals surface area contributed by atoms with Crippen LogP contribution in [-0.4, -0.2) is 17.4 Å². The number of alkyl halides is 1. The topological polar surface area (TPSA) is 20.2 Å². The van der Waals surface area contributed by atoms with Crippen molar-refractivity contribution < 1.29 is 9.50 Å². The first-order chi connectivity index (χ1) is 9.61. The monoisotopic (exact) mass is 274 g/mol. The standard InChI is InChI=1S/C18H23FO/c1-18-9-8-13-12-5-3-2-4-11(12)6-7-14(13)15(18)10-16(20)17(18)19/h2-5,13-17,20H,6-10H2,1H3/t13-,14-,15+,16-,17+,18+/m1/s1. The lowest BCUT2D eigenvalue weighted by Crippen LogP contribution is -2.43. The predicted molar refractivity (Wildman–Crippen MR) is 77.3 cm³/mol. The van der Waals surface area contributed by atoms with Crippen LogP contribution in [-0.2, 0) is 6.42 Å². The highest BCUT2D eigenvalue weighted by Crippen LogP contribution is 2.61. The van der Waals surface area contributed by atoms with Crippen LogP contribution in [0.2, 0.25) is 0 Å². The molecule has 20 heavy (non-hydrogen) atoms. The number of fused-ring (bicyclic) bond motifs is 5. The van der Waals surface area contributed by atoms with Gasteiger partial charge in [0, 0.05) is 5.41 Å². The molecule has 4 rings (SSSR count). The number of halogens is 1. The molecule has 3 aliphatic carbocycles. The van der Waals surface area contributed by atoms with Crippen molar-refractivity contribution in [3.8, 4) is 0 Å². The number of aliphatic hydroxyl groups excluding tert-OH is 1. The van der Waals surface area contributed by atoms with E-state index in [4.69, 9.17) is 0 Å². The van der Waals surface area contributed by atoms with E-state index < -0.39 is 12.3 Å². The SMILES string of the molecule is C[C@]12CC[C@@H]3c4ccccc4CC[C@H]3[C@@H]1C[C@@H](O)[C@@H]2F. The van der Waals surface area contributed by atoms with Crippen molar-refractivity contribution in [3.05, 3.63) is 35.4 Å². The summed E-state index contributed by atoms with van der Waals surface area (Å²) < 4.78 is 14.4. The van der Waals surface area contributed by atoms with Gasteiger partial charge in [-0.3, -0.25) is 0 Å². The Bertz CT molecular complexity index is 528. The lowest BCUT2D eigenvalue weighted by molar-refractivity contribution is -0.00291. The van der Waals surface area contributed by atoms with Crippen LogP contribution < -0.4 is 0 Å². The smallest absolute Gasteiger partial charge is 0.131 e. The van der Waals surface area contributed by atoms with Crippen LogP contribution in [0.15, 0.2) is 24.3 Å². The molecule has 1 N–H and O–H groups in total. The summed E-state index contributed by atoms with van der Waals surface area (Å²) in [6.07, 6.45) is 3.21. The minimum absolute atomic E-state index is 0.285. The van der Waals surface area contributed by atoms with Crippen molar-refractivity contribution in [1.29, 1.82) is 0 Å². The van der Waals surface area contributed by atoms with Crippen molar-refractivity contribution in [2.45, 2.75) is 57.2 Å². The highest BCUT2D eigenvalue weighted by atomic mass is 19.1. The molecular weight excluding hydrogens is 251 g/mol. The highest BCUT2D eigenvalue weighted by Gasteiger charge is 2.58. The number of benzene rings is 1. The molecule has 0 spiro atoms. The Morgan fingerprint density at radius 1 is 1.25 bits per heavy atom. The van der Waals surface area contributed by atoms with E-state index in [2.05, 4.69) is 31.2 Å². The molecule has 1 aromatic carbocycles. The third kappa shape index (κ3) is 1.57. The van der Waals surface area contributed by atoms with Gasteiger partial charge >= 0.3 is 0 Å². The minimum Gasteiger partial charge on any atom is -0.390 e. The van der Waals surface area contributed by atoms with Crippen molar-refractivity contribution in [2.24, 2.45) is 17.3 Å². The van der Waals surface area contributed by atoms with Crippen molar-refractivity contribution in [1.82, 2.24) is 0 Å². The summed E-state index contributed by atoms with van der Waals surface area (Å²) in [4.78, 5) is 0. The van der Waals surface area contributed by atoms with Gasteiger partial charge < -0.3 is 5.11 Å². The maximum absolute atomic E-state index is 14.4. The molecule has 0 bridgehead atoms. The van der Waals surface area contributed by atoms with E-state index in [9.17, 15) is 9.50 Å². The molecule has 2 fully saturated rings. The maximum Gasteiger partial charge on any atom is 0.131 e. The Hall–Kier alpha value is -0.890. The fraction of sp³-hybridized carbons (Fsp3) is 0.667. The van der Waals surface area contributed by atoms with Crippen LogP contribution in [0.25, 0.3) is 0 Å². The molecule has 0 radical (unpaired) electrons. The minimum atomic E-state index is -1.02. The first-order valence-corrected chi connectivity index (χ1v) is 8.01. The van der Waals surface area contributed by atoms with Gasteiger partial charge in [-0.1, -0.05) is 31.2 Å². The molecule has 0 saturated heterocycles. The number of hydrogen-bond acceptors (Lipinski definition) is 1. The van der Waals surface area contributed by atoms with E-state index in [0.717, 1.165) is 19.3 Å². The third-order valence-corrected chi connectivity index (χ3v) is 6.54. The van der Waals surface area contributed by atoms with E-state index in [1.54, 1.807) is 0 Å². The Morgan fingerprint density at radius 3 is 2.90 bits per heavy atom. The zero-order chi connectivity index (χ0) is 13.9. The van der Waals surface area contributed by atoms with E-state index in [1.165, 1.54) is 17.5 Å². The molecular formula is C18H23FO. The van der Waals surface area contributed by atoms with E-state index >= 15 is 0 Å². The lowest BCUT2D eigenvalue weighted by Gasteiger charge is -2.49. The van der Waals surface area contributed by atoms with Crippen molar-refractivity contribution in [2.75, 3.05) is 0 Å².